The summed E-state index contributed by atoms with van der Waals surface area (Å²) in [6.45, 7) is 1.15. The molecule has 3 aromatic rings. The van der Waals surface area contributed by atoms with Crippen LogP contribution in [0.15, 0.2) is 66.7 Å². The van der Waals surface area contributed by atoms with Crippen LogP contribution in [-0.2, 0) is 11.2 Å². The number of carbonyl (C=O) groups excluding carboxylic acids is 2. The van der Waals surface area contributed by atoms with Gasteiger partial charge in [-0.05, 0) is 55.6 Å². The molecule has 8 heteroatoms. The van der Waals surface area contributed by atoms with Gasteiger partial charge in [-0.2, -0.15) is 0 Å². The molecular weight excluding hydrogens is 473 g/mol. The number of aromatic hydroxyl groups is 1. The van der Waals surface area contributed by atoms with E-state index in [1.54, 1.807) is 24.3 Å². The van der Waals surface area contributed by atoms with Crippen LogP contribution in [0.4, 0.5) is 0 Å². The second-order valence-electron chi connectivity index (χ2n) is 8.17. The normalized spacial score (nSPS) is 11.8. The molecule has 3 rings (SSSR count). The van der Waals surface area contributed by atoms with Gasteiger partial charge in [0.25, 0.3) is 5.91 Å². The van der Waals surface area contributed by atoms with Crippen LogP contribution in [0.2, 0.25) is 10.0 Å². The second kappa shape index (κ2) is 11.9. The molecule has 178 valence electrons. The van der Waals surface area contributed by atoms with Crippen molar-refractivity contribution < 1.29 is 14.7 Å². The summed E-state index contributed by atoms with van der Waals surface area (Å²) in [7, 11) is 3.84. The fraction of sp³-hybridized carbons (Fsp3) is 0.231. The Morgan fingerprint density at radius 1 is 0.971 bits per heavy atom. The van der Waals surface area contributed by atoms with E-state index in [0.29, 0.717) is 46.2 Å². The molecule has 3 N–H and O–H groups in total. The Balaban J connectivity index is 1.82. The molecule has 0 saturated heterocycles. The number of nitrogens with zero attached hydrogens (tertiary/aromatic N) is 1. The lowest BCUT2D eigenvalue weighted by Crippen LogP contribution is -2.49. The van der Waals surface area contributed by atoms with Gasteiger partial charge in [-0.25, -0.2) is 0 Å². The topological polar surface area (TPSA) is 81.7 Å². The number of phenols is 1. The predicted octanol–water partition coefficient (Wildman–Crippen LogP) is 4.38. The van der Waals surface area contributed by atoms with Gasteiger partial charge in [-0.3, -0.25) is 9.59 Å². The lowest BCUT2D eigenvalue weighted by atomic mass is 10.0. The molecule has 0 aliphatic rings. The van der Waals surface area contributed by atoms with Crippen molar-refractivity contribution >= 4 is 35.0 Å². The Hall–Kier alpha value is -3.06. The van der Waals surface area contributed by atoms with Crippen molar-refractivity contribution in [3.63, 3.8) is 0 Å². The highest BCUT2D eigenvalue weighted by Crippen LogP contribution is 2.34. The molecule has 0 aliphatic heterocycles. The van der Waals surface area contributed by atoms with Crippen LogP contribution in [-0.4, -0.2) is 55.0 Å². The van der Waals surface area contributed by atoms with Gasteiger partial charge in [0, 0.05) is 30.6 Å². The molecule has 0 fully saturated rings. The van der Waals surface area contributed by atoms with Crippen LogP contribution in [0.3, 0.4) is 0 Å². The third kappa shape index (κ3) is 6.97. The predicted molar refractivity (Wildman–Crippen MR) is 137 cm³/mol. The zero-order valence-electron chi connectivity index (χ0n) is 19.0. The van der Waals surface area contributed by atoms with Crippen LogP contribution in [0, 0.1) is 0 Å². The molecule has 0 aliphatic carbocycles. The summed E-state index contributed by atoms with van der Waals surface area (Å²) >= 11 is 12.1. The number of carbonyl (C=O) groups is 2. The number of amides is 2. The van der Waals surface area contributed by atoms with Crippen molar-refractivity contribution in [1.29, 1.82) is 0 Å². The van der Waals surface area contributed by atoms with E-state index in [9.17, 15) is 14.7 Å². The summed E-state index contributed by atoms with van der Waals surface area (Å²) in [5.41, 5.74) is 2.28. The van der Waals surface area contributed by atoms with Gasteiger partial charge in [0.1, 0.15) is 11.8 Å². The Kier molecular flexibility index (Phi) is 8.93. The second-order valence-corrected chi connectivity index (χ2v) is 8.99. The molecule has 2 amide bonds. The fourth-order valence-corrected chi connectivity index (χ4v) is 3.70. The lowest BCUT2D eigenvalue weighted by Gasteiger charge is -2.20. The monoisotopic (exact) mass is 499 g/mol. The summed E-state index contributed by atoms with van der Waals surface area (Å²) in [6, 6.07) is 18.2. The maximum Gasteiger partial charge on any atom is 0.251 e. The lowest BCUT2D eigenvalue weighted by molar-refractivity contribution is -0.123. The molecular formula is C26H27Cl2N3O3. The van der Waals surface area contributed by atoms with Crippen LogP contribution in [0.5, 0.6) is 5.75 Å². The van der Waals surface area contributed by atoms with Crippen LogP contribution in [0.1, 0.15) is 15.9 Å². The van der Waals surface area contributed by atoms with E-state index in [-0.39, 0.29) is 11.7 Å². The van der Waals surface area contributed by atoms with E-state index in [2.05, 4.69) is 10.6 Å². The summed E-state index contributed by atoms with van der Waals surface area (Å²) in [5.74, 6) is -0.690. The summed E-state index contributed by atoms with van der Waals surface area (Å²) in [4.78, 5) is 28.0. The average molecular weight is 500 g/mol. The number of likely N-dealkylation sites (N-methyl/N-ethyl adjacent to an activating group) is 1. The fourth-order valence-electron chi connectivity index (χ4n) is 3.40. The van der Waals surface area contributed by atoms with Gasteiger partial charge in [0.05, 0.1) is 10.0 Å². The van der Waals surface area contributed by atoms with E-state index < -0.39 is 11.9 Å². The van der Waals surface area contributed by atoms with Crippen molar-refractivity contribution in [3.8, 4) is 16.9 Å². The molecule has 3 aromatic carbocycles. The van der Waals surface area contributed by atoms with E-state index in [0.717, 1.165) is 5.56 Å². The van der Waals surface area contributed by atoms with Crippen molar-refractivity contribution in [1.82, 2.24) is 15.5 Å². The first-order valence-corrected chi connectivity index (χ1v) is 11.6. The first kappa shape index (κ1) is 25.6. The van der Waals surface area contributed by atoms with Crippen molar-refractivity contribution in [2.75, 3.05) is 27.2 Å². The third-order valence-electron chi connectivity index (χ3n) is 5.25. The SMILES string of the molecule is CN(C)CCNC(=O)[C@H](Cc1ccccc1)NC(=O)c1ccc(O)c(-c2ccc(Cl)c(Cl)c2)c1. The Morgan fingerprint density at radius 3 is 2.38 bits per heavy atom. The van der Waals surface area contributed by atoms with Crippen molar-refractivity contribution in [2.45, 2.75) is 12.5 Å². The van der Waals surface area contributed by atoms with Crippen LogP contribution < -0.4 is 10.6 Å². The largest absolute Gasteiger partial charge is 0.507 e. The number of hydrogen-bond acceptors (Lipinski definition) is 4. The minimum absolute atomic E-state index is 0.00259. The number of hydrogen-bond donors (Lipinski definition) is 3. The number of rotatable bonds is 9. The standard InChI is InChI=1S/C26H27Cl2N3O3/c1-31(2)13-12-29-26(34)23(14-17-6-4-3-5-7-17)30-25(33)19-9-11-24(32)20(15-19)18-8-10-21(27)22(28)16-18/h3-11,15-16,23,32H,12-14H2,1-2H3,(H,29,34)(H,30,33)/t23-/m0/s1. The first-order chi connectivity index (χ1) is 16.2. The molecule has 0 aromatic heterocycles. The summed E-state index contributed by atoms with van der Waals surface area (Å²) in [5, 5.41) is 16.8. The van der Waals surface area contributed by atoms with E-state index in [1.165, 1.54) is 12.1 Å². The number of halogens is 2. The molecule has 0 heterocycles. The van der Waals surface area contributed by atoms with Gasteiger partial charge >= 0.3 is 0 Å². The van der Waals surface area contributed by atoms with Crippen LogP contribution >= 0.6 is 23.2 Å². The zero-order valence-corrected chi connectivity index (χ0v) is 20.5. The highest BCUT2D eigenvalue weighted by Gasteiger charge is 2.22. The number of phenolic OH excluding ortho intramolecular Hbond substituents is 1. The average Bonchev–Trinajstić information content (AvgIpc) is 2.81. The smallest absolute Gasteiger partial charge is 0.251 e. The highest BCUT2D eigenvalue weighted by molar-refractivity contribution is 6.42. The highest BCUT2D eigenvalue weighted by atomic mass is 35.5. The maximum atomic E-state index is 13.1. The molecule has 34 heavy (non-hydrogen) atoms. The molecule has 0 saturated carbocycles. The van der Waals surface area contributed by atoms with Crippen molar-refractivity contribution in [2.24, 2.45) is 0 Å². The summed E-state index contributed by atoms with van der Waals surface area (Å²) in [6.07, 6.45) is 0.345. The Morgan fingerprint density at radius 2 is 1.71 bits per heavy atom. The maximum absolute atomic E-state index is 13.1. The van der Waals surface area contributed by atoms with Gasteiger partial charge in [0.15, 0.2) is 0 Å². The molecule has 0 bridgehead atoms. The molecule has 0 spiro atoms. The van der Waals surface area contributed by atoms with Crippen molar-refractivity contribution in [3.05, 3.63) is 87.9 Å². The molecule has 0 unspecified atom stereocenters. The summed E-state index contributed by atoms with van der Waals surface area (Å²) < 4.78 is 0. The third-order valence-corrected chi connectivity index (χ3v) is 5.99. The van der Waals surface area contributed by atoms with Gasteiger partial charge in [-0.1, -0.05) is 59.6 Å². The molecule has 0 radical (unpaired) electrons. The minimum Gasteiger partial charge on any atom is -0.507 e. The van der Waals surface area contributed by atoms with E-state index in [4.69, 9.17) is 23.2 Å². The zero-order chi connectivity index (χ0) is 24.7. The first-order valence-electron chi connectivity index (χ1n) is 10.8. The number of nitrogens with one attached hydrogen (secondary N) is 2. The minimum atomic E-state index is -0.765. The van der Waals surface area contributed by atoms with Gasteiger partial charge in [0.2, 0.25) is 5.91 Å². The van der Waals surface area contributed by atoms with Crippen LogP contribution in [0.25, 0.3) is 11.1 Å². The Bertz CT molecular complexity index is 1150. The van der Waals surface area contributed by atoms with Gasteiger partial charge in [-0.15, -0.1) is 0 Å². The Labute approximate surface area is 209 Å². The van der Waals surface area contributed by atoms with E-state index >= 15 is 0 Å². The van der Waals surface area contributed by atoms with Gasteiger partial charge < -0.3 is 20.6 Å². The molecule has 6 nitrogen and oxygen atoms in total. The molecule has 1 atom stereocenters. The quantitative estimate of drug-likeness (QED) is 0.407. The van der Waals surface area contributed by atoms with E-state index in [1.807, 2.05) is 49.3 Å². The number of benzene rings is 3.